The maximum Gasteiger partial charge on any atom is 0.272 e. The molecule has 1 amide bonds. The number of nitro benzene ring substituents is 1. The number of amidine groups is 1. The van der Waals surface area contributed by atoms with Gasteiger partial charge in [-0.3, -0.25) is 14.9 Å². The fourth-order valence-corrected chi connectivity index (χ4v) is 3.38. The third kappa shape index (κ3) is 3.79. The molecule has 1 N–H and O–H groups in total. The first-order chi connectivity index (χ1) is 12.3. The van der Waals surface area contributed by atoms with Crippen LogP contribution >= 0.6 is 23.4 Å². The molecule has 0 radical (unpaired) electrons. The van der Waals surface area contributed by atoms with Crippen molar-refractivity contribution in [2.45, 2.75) is 13.8 Å². The molecule has 132 valence electrons. The number of carbonyl (C=O) groups is 1. The van der Waals surface area contributed by atoms with Crippen molar-refractivity contribution < 1.29 is 9.72 Å². The van der Waals surface area contributed by atoms with Crippen LogP contribution < -0.4 is 5.32 Å². The normalized spacial score (nSPS) is 17.0. The van der Waals surface area contributed by atoms with Crippen molar-refractivity contribution in [1.29, 1.82) is 0 Å². The minimum absolute atomic E-state index is 0.0196. The van der Waals surface area contributed by atoms with E-state index in [0.29, 0.717) is 31.9 Å². The van der Waals surface area contributed by atoms with Crippen LogP contribution in [0.1, 0.15) is 16.7 Å². The molecule has 2 aromatic rings. The van der Waals surface area contributed by atoms with E-state index >= 15 is 0 Å². The summed E-state index contributed by atoms with van der Waals surface area (Å²) in [4.78, 5) is 27.7. The Morgan fingerprint density at radius 1 is 1.27 bits per heavy atom. The third-order valence-corrected chi connectivity index (χ3v) is 5.16. The number of nitrogens with one attached hydrogen (secondary N) is 1. The molecule has 0 aliphatic carbocycles. The first kappa shape index (κ1) is 18.2. The Kier molecular flexibility index (Phi) is 5.11. The monoisotopic (exact) mass is 387 g/mol. The van der Waals surface area contributed by atoms with Crippen molar-refractivity contribution >= 4 is 51.9 Å². The topological polar surface area (TPSA) is 84.6 Å². The number of nitro groups is 1. The number of nitrogens with zero attached hydrogens (tertiary/aromatic N) is 2. The molecule has 8 heteroatoms. The highest BCUT2D eigenvalue weighted by Gasteiger charge is 2.24. The number of hydrogen-bond donors (Lipinski definition) is 1. The molecule has 6 nitrogen and oxygen atoms in total. The smallest absolute Gasteiger partial charge is 0.272 e. The van der Waals surface area contributed by atoms with E-state index in [1.165, 1.54) is 17.8 Å². The Hall–Kier alpha value is -2.64. The summed E-state index contributed by atoms with van der Waals surface area (Å²) in [5.74, 6) is -0.295. The van der Waals surface area contributed by atoms with Crippen molar-refractivity contribution in [1.82, 2.24) is 5.32 Å². The van der Waals surface area contributed by atoms with Crippen LogP contribution in [0, 0.1) is 24.0 Å². The number of aliphatic imine (C=N–C) groups is 1. The van der Waals surface area contributed by atoms with Crippen molar-refractivity contribution in [3.8, 4) is 0 Å². The van der Waals surface area contributed by atoms with Crippen LogP contribution in [0.25, 0.3) is 6.08 Å². The van der Waals surface area contributed by atoms with Gasteiger partial charge in [-0.25, -0.2) is 4.99 Å². The van der Waals surface area contributed by atoms with Crippen LogP contribution in [-0.2, 0) is 4.79 Å². The Bertz CT molecular complexity index is 986. The first-order valence-electron chi connectivity index (χ1n) is 7.65. The highest BCUT2D eigenvalue weighted by atomic mass is 35.5. The number of carbonyl (C=O) groups excluding carboxylic acids is 1. The van der Waals surface area contributed by atoms with E-state index < -0.39 is 4.92 Å². The molecule has 2 aromatic carbocycles. The van der Waals surface area contributed by atoms with E-state index in [9.17, 15) is 14.9 Å². The summed E-state index contributed by atoms with van der Waals surface area (Å²) in [7, 11) is 0. The van der Waals surface area contributed by atoms with Gasteiger partial charge in [0.15, 0.2) is 5.17 Å². The standard InChI is InChI=1S/C18H14ClN3O3S/c1-10-6-7-12(8-15(10)22(24)25)9-16-17(23)21-18(26-16)20-14-5-3-4-13(19)11(14)2/h3-9H,1-2H3,(H,20,21,23). The van der Waals surface area contributed by atoms with E-state index in [-0.39, 0.29) is 11.6 Å². The lowest BCUT2D eigenvalue weighted by Gasteiger charge is -2.02. The van der Waals surface area contributed by atoms with Gasteiger partial charge in [0.25, 0.3) is 11.6 Å². The number of halogens is 1. The summed E-state index contributed by atoms with van der Waals surface area (Å²) in [6.45, 7) is 3.52. The zero-order valence-corrected chi connectivity index (χ0v) is 15.5. The molecule has 1 saturated heterocycles. The van der Waals surface area contributed by atoms with Gasteiger partial charge in [0.1, 0.15) is 0 Å². The average Bonchev–Trinajstić information content (AvgIpc) is 2.93. The van der Waals surface area contributed by atoms with Gasteiger partial charge in [0, 0.05) is 16.7 Å². The van der Waals surface area contributed by atoms with Gasteiger partial charge < -0.3 is 5.32 Å². The Labute approximate surface area is 159 Å². The van der Waals surface area contributed by atoms with Gasteiger partial charge in [-0.2, -0.15) is 0 Å². The zero-order chi connectivity index (χ0) is 18.8. The number of thioether (sulfide) groups is 1. The SMILES string of the molecule is Cc1ccc(C=C2SC(=Nc3cccc(Cl)c3C)NC2=O)cc1[N+](=O)[O-]. The summed E-state index contributed by atoms with van der Waals surface area (Å²) < 4.78 is 0. The fourth-order valence-electron chi connectivity index (χ4n) is 2.37. The van der Waals surface area contributed by atoms with Crippen molar-refractivity contribution in [2.24, 2.45) is 4.99 Å². The zero-order valence-electron chi connectivity index (χ0n) is 13.9. The number of rotatable bonds is 3. The molecule has 26 heavy (non-hydrogen) atoms. The van der Waals surface area contributed by atoms with E-state index in [1.54, 1.807) is 37.3 Å². The highest BCUT2D eigenvalue weighted by Crippen LogP contribution is 2.31. The number of hydrogen-bond acceptors (Lipinski definition) is 5. The summed E-state index contributed by atoms with van der Waals surface area (Å²) in [5, 5.41) is 14.8. The Morgan fingerprint density at radius 2 is 2.04 bits per heavy atom. The molecule has 3 rings (SSSR count). The summed E-state index contributed by atoms with van der Waals surface area (Å²) in [6.07, 6.45) is 1.61. The molecular weight excluding hydrogens is 374 g/mol. The molecule has 0 bridgehead atoms. The molecule has 0 aromatic heterocycles. The second kappa shape index (κ2) is 7.31. The van der Waals surface area contributed by atoms with Gasteiger partial charge in [0.2, 0.25) is 0 Å². The van der Waals surface area contributed by atoms with Crippen molar-refractivity contribution in [3.05, 3.63) is 73.1 Å². The largest absolute Gasteiger partial charge is 0.300 e. The molecule has 1 aliphatic rings. The quantitative estimate of drug-likeness (QED) is 0.467. The number of benzene rings is 2. The Morgan fingerprint density at radius 3 is 2.77 bits per heavy atom. The van der Waals surface area contributed by atoms with Gasteiger partial charge >= 0.3 is 0 Å². The fraction of sp³-hybridized carbons (Fsp3) is 0.111. The van der Waals surface area contributed by atoms with Crippen molar-refractivity contribution in [2.75, 3.05) is 0 Å². The molecule has 1 aliphatic heterocycles. The summed E-state index contributed by atoms with van der Waals surface area (Å²) in [5.41, 5.74) is 2.67. The highest BCUT2D eigenvalue weighted by molar-refractivity contribution is 8.18. The van der Waals surface area contributed by atoms with Crippen molar-refractivity contribution in [3.63, 3.8) is 0 Å². The third-order valence-electron chi connectivity index (χ3n) is 3.84. The lowest BCUT2D eigenvalue weighted by molar-refractivity contribution is -0.385. The molecule has 0 saturated carbocycles. The van der Waals surface area contributed by atoms with Crippen LogP contribution in [0.3, 0.4) is 0 Å². The van der Waals surface area contributed by atoms with Crippen LogP contribution in [0.4, 0.5) is 11.4 Å². The number of amides is 1. The summed E-state index contributed by atoms with van der Waals surface area (Å²) >= 11 is 7.27. The van der Waals surface area contributed by atoms with Gasteiger partial charge in [-0.15, -0.1) is 0 Å². The Balaban J connectivity index is 1.89. The van der Waals surface area contributed by atoms with E-state index in [2.05, 4.69) is 10.3 Å². The van der Waals surface area contributed by atoms with Gasteiger partial charge in [0.05, 0.1) is 15.5 Å². The van der Waals surface area contributed by atoms with E-state index in [4.69, 9.17) is 11.6 Å². The van der Waals surface area contributed by atoms with Gasteiger partial charge in [-0.05, 0) is 54.9 Å². The molecule has 0 unspecified atom stereocenters. The minimum Gasteiger partial charge on any atom is -0.300 e. The molecule has 0 atom stereocenters. The second-order valence-corrected chi connectivity index (χ2v) is 7.11. The predicted octanol–water partition coefficient (Wildman–Crippen LogP) is 4.76. The first-order valence-corrected chi connectivity index (χ1v) is 8.84. The lowest BCUT2D eigenvalue weighted by Crippen LogP contribution is -2.19. The molecule has 1 fully saturated rings. The lowest BCUT2D eigenvalue weighted by atomic mass is 10.1. The maximum absolute atomic E-state index is 12.2. The minimum atomic E-state index is -0.436. The van der Waals surface area contributed by atoms with Crippen LogP contribution in [0.2, 0.25) is 5.02 Å². The van der Waals surface area contributed by atoms with Crippen LogP contribution in [-0.4, -0.2) is 16.0 Å². The molecule has 0 spiro atoms. The summed E-state index contributed by atoms with van der Waals surface area (Å²) in [6, 6.07) is 10.2. The number of aryl methyl sites for hydroxylation is 1. The average molecular weight is 388 g/mol. The molecular formula is C18H14ClN3O3S. The maximum atomic E-state index is 12.2. The predicted molar refractivity (Wildman–Crippen MR) is 105 cm³/mol. The van der Waals surface area contributed by atoms with Gasteiger partial charge in [-0.1, -0.05) is 29.8 Å². The molecule has 1 heterocycles. The van der Waals surface area contributed by atoms with E-state index in [1.807, 2.05) is 13.0 Å². The van der Waals surface area contributed by atoms with E-state index in [0.717, 1.165) is 5.56 Å². The van der Waals surface area contributed by atoms with Crippen LogP contribution in [0.15, 0.2) is 46.3 Å². The second-order valence-electron chi connectivity index (χ2n) is 5.67. The van der Waals surface area contributed by atoms with Crippen LogP contribution in [0.5, 0.6) is 0 Å².